The second-order valence-corrected chi connectivity index (χ2v) is 8.71. The van der Waals surface area contributed by atoms with E-state index in [4.69, 9.17) is 23.7 Å². The van der Waals surface area contributed by atoms with Gasteiger partial charge in [-0.15, -0.1) is 12.8 Å². The van der Waals surface area contributed by atoms with Crippen molar-refractivity contribution >= 4 is 23.3 Å². The highest BCUT2D eigenvalue weighted by atomic mass is 19.4. The predicted octanol–water partition coefficient (Wildman–Crippen LogP) is 9.14. The van der Waals surface area contributed by atoms with Gasteiger partial charge < -0.3 is 16.2 Å². The second-order valence-electron chi connectivity index (χ2n) is 8.71. The first kappa shape index (κ1) is 41.2. The lowest BCUT2D eigenvalue weighted by molar-refractivity contribution is -0.138. The van der Waals surface area contributed by atoms with Gasteiger partial charge in [0, 0.05) is 28.1 Å². The average Bonchev–Trinajstić information content (AvgIpc) is 2.96. The van der Waals surface area contributed by atoms with E-state index in [1.54, 1.807) is 24.3 Å². The number of nitrogen functional groups attached to an aromatic ring is 1. The fourth-order valence-corrected chi connectivity index (χ4v) is 3.28. The topological polar surface area (TPSA) is 92.4 Å². The monoisotopic (exact) mass is 664 g/mol. The van der Waals surface area contributed by atoms with Gasteiger partial charge in [-0.2, -0.15) is 26.3 Å². The number of amides is 1. The van der Waals surface area contributed by atoms with Gasteiger partial charge in [-0.05, 0) is 72.8 Å². The van der Waals surface area contributed by atoms with Crippen LogP contribution in [0.2, 0.25) is 0 Å². The number of anilines is 2. The van der Waals surface area contributed by atoms with E-state index in [-0.39, 0.29) is 20.9 Å². The van der Waals surface area contributed by atoms with Gasteiger partial charge in [0.05, 0.1) is 16.7 Å². The van der Waals surface area contributed by atoms with Gasteiger partial charge in [0.25, 0.3) is 5.91 Å². The van der Waals surface area contributed by atoms with Gasteiger partial charge in [-0.25, -0.2) is 13.6 Å². The van der Waals surface area contributed by atoms with Crippen LogP contribution in [0, 0.1) is 36.3 Å². The summed E-state index contributed by atoms with van der Waals surface area (Å²) in [5.41, 5.74) is 4.08. The first-order chi connectivity index (χ1) is 20.9. The van der Waals surface area contributed by atoms with Crippen molar-refractivity contribution in [1.29, 1.82) is 0 Å². The Morgan fingerprint density at radius 1 is 0.681 bits per heavy atom. The summed E-state index contributed by atoms with van der Waals surface area (Å²) in [7, 11) is 0. The molecule has 0 bridgehead atoms. The fraction of sp³-hybridized carbons (Fsp3) is 0.118. The van der Waals surface area contributed by atoms with E-state index in [0.717, 1.165) is 11.6 Å². The Bertz CT molecular complexity index is 1770. The lowest BCUT2D eigenvalue weighted by atomic mass is 10.1. The molecule has 0 saturated heterocycles. The minimum absolute atomic E-state index is 0. The quantitative estimate of drug-likeness (QED) is 0.116. The van der Waals surface area contributed by atoms with Crippen molar-refractivity contribution in [3.8, 4) is 24.7 Å². The third-order valence-electron chi connectivity index (χ3n) is 5.30. The van der Waals surface area contributed by atoms with Crippen LogP contribution >= 0.6 is 0 Å². The zero-order chi connectivity index (χ0) is 33.9. The lowest BCUT2D eigenvalue weighted by Crippen LogP contribution is -2.14. The van der Waals surface area contributed by atoms with Crippen molar-refractivity contribution < 1.29 is 49.8 Å². The van der Waals surface area contributed by atoms with Crippen LogP contribution in [0.4, 0.5) is 46.5 Å². The summed E-state index contributed by atoms with van der Waals surface area (Å²) in [4.78, 5) is 22.2. The normalized spacial score (nSPS) is 10.1. The highest BCUT2D eigenvalue weighted by Crippen LogP contribution is 2.31. The van der Waals surface area contributed by atoms with E-state index in [1.165, 1.54) is 12.1 Å². The number of aromatic carboxylic acids is 1. The number of carboxylic acid groups (broad SMARTS) is 1. The maximum absolute atomic E-state index is 13.3. The first-order valence-electron chi connectivity index (χ1n) is 12.1. The number of carbonyl (C=O) groups excluding carboxylic acids is 1. The van der Waals surface area contributed by atoms with Crippen molar-refractivity contribution in [2.75, 3.05) is 11.1 Å². The molecule has 0 unspecified atom stereocenters. The van der Waals surface area contributed by atoms with Crippen LogP contribution in [-0.4, -0.2) is 17.0 Å². The number of halogens is 8. The molecule has 4 rings (SSSR count). The van der Waals surface area contributed by atoms with Crippen molar-refractivity contribution in [1.82, 2.24) is 0 Å². The first-order valence-corrected chi connectivity index (χ1v) is 12.1. The van der Waals surface area contributed by atoms with E-state index in [2.05, 4.69) is 17.2 Å². The van der Waals surface area contributed by atoms with Gasteiger partial charge >= 0.3 is 18.3 Å². The third-order valence-corrected chi connectivity index (χ3v) is 5.30. The Morgan fingerprint density at radius 2 is 1.13 bits per heavy atom. The number of alkyl halides is 6. The molecule has 0 aromatic heterocycles. The summed E-state index contributed by atoms with van der Waals surface area (Å²) >= 11 is 0. The third kappa shape index (κ3) is 13.4. The lowest BCUT2D eigenvalue weighted by Gasteiger charge is -2.10. The number of terminal acetylenes is 2. The van der Waals surface area contributed by atoms with Crippen LogP contribution in [0.1, 0.15) is 57.8 Å². The average molecular weight is 665 g/mol. The Morgan fingerprint density at radius 3 is 1.55 bits per heavy atom. The number of carbonyl (C=O) groups is 2. The number of carboxylic acids is 1. The molecule has 5 nitrogen and oxygen atoms in total. The van der Waals surface area contributed by atoms with E-state index in [1.807, 2.05) is 12.1 Å². The molecule has 0 spiro atoms. The number of hydrogen-bond donors (Lipinski definition) is 3. The molecule has 47 heavy (non-hydrogen) atoms. The second kappa shape index (κ2) is 17.6. The number of hydrogen-bond acceptors (Lipinski definition) is 3. The Labute approximate surface area is 266 Å². The summed E-state index contributed by atoms with van der Waals surface area (Å²) in [5.74, 6) is 0.0163. The minimum Gasteiger partial charge on any atom is -0.478 e. The maximum atomic E-state index is 13.3. The summed E-state index contributed by atoms with van der Waals surface area (Å²) < 4.78 is 99.8. The van der Waals surface area contributed by atoms with E-state index in [9.17, 15) is 44.7 Å². The summed E-state index contributed by atoms with van der Waals surface area (Å²) in [6.07, 6.45) is 0.845. The number of nitrogens with two attached hydrogens (primary N) is 1. The smallest absolute Gasteiger partial charge is 0.416 e. The molecule has 0 fully saturated rings. The van der Waals surface area contributed by atoms with Crippen molar-refractivity contribution in [2.24, 2.45) is 0 Å². The Kier molecular flexibility index (Phi) is 15.4. The highest BCUT2D eigenvalue weighted by Gasteiger charge is 2.32. The van der Waals surface area contributed by atoms with Gasteiger partial charge in [-0.1, -0.05) is 38.8 Å². The SMILES string of the molecule is C.C.C#Cc1cccc(N)c1.C#Cc1cccc(NC(=O)c2cc(F)cc(C(F)(F)F)c2)c1.O=C(O)c1cc(F)cc(C(F)(F)F)c1. The fourth-order valence-electron chi connectivity index (χ4n) is 3.28. The van der Waals surface area contributed by atoms with Crippen molar-refractivity contribution in [3.05, 3.63) is 130 Å². The molecule has 0 aliphatic heterocycles. The molecule has 1 amide bonds. The Hall–Kier alpha value is -5.82. The molecule has 0 heterocycles. The molecule has 0 saturated carbocycles. The Balaban J connectivity index is 0.000000727. The molecular formula is C34H28F8N2O3. The molecule has 0 aliphatic carbocycles. The van der Waals surface area contributed by atoms with Gasteiger partial charge in [-0.3, -0.25) is 4.79 Å². The van der Waals surface area contributed by atoms with E-state index >= 15 is 0 Å². The van der Waals surface area contributed by atoms with Crippen LogP contribution in [0.5, 0.6) is 0 Å². The zero-order valence-electron chi connectivity index (χ0n) is 22.6. The summed E-state index contributed by atoms with van der Waals surface area (Å²) in [6.45, 7) is 0. The predicted molar refractivity (Wildman–Crippen MR) is 164 cm³/mol. The standard InChI is InChI=1S/C16H9F4NO.C8H4F4O2.C8H7N.2CH4/c1-2-10-4-3-5-14(6-10)21-15(22)11-7-12(16(18,19)20)9-13(17)8-11;9-6-2-4(7(13)14)1-5(3-6)8(10,11)12;1-2-7-4-3-5-8(9)6-7;;/h1,3-9H,(H,21,22);1-3H,(H,13,14);1,3-6H,9H2;2*1H4. The molecular weight excluding hydrogens is 636 g/mol. The molecule has 248 valence electrons. The number of rotatable bonds is 3. The number of benzene rings is 4. The summed E-state index contributed by atoms with van der Waals surface area (Å²) in [6, 6.07) is 16.2. The summed E-state index contributed by atoms with van der Waals surface area (Å²) in [5, 5.41) is 10.7. The van der Waals surface area contributed by atoms with Crippen LogP contribution in [-0.2, 0) is 12.4 Å². The molecule has 13 heteroatoms. The molecule has 4 aromatic rings. The highest BCUT2D eigenvalue weighted by molar-refractivity contribution is 6.04. The maximum Gasteiger partial charge on any atom is 0.416 e. The van der Waals surface area contributed by atoms with Crippen molar-refractivity contribution in [2.45, 2.75) is 27.2 Å². The minimum atomic E-state index is -4.74. The van der Waals surface area contributed by atoms with Crippen LogP contribution in [0.15, 0.2) is 84.9 Å². The van der Waals surface area contributed by atoms with Crippen LogP contribution < -0.4 is 11.1 Å². The van der Waals surface area contributed by atoms with Crippen LogP contribution in [0.25, 0.3) is 0 Å². The molecule has 0 atom stereocenters. The largest absolute Gasteiger partial charge is 0.478 e. The number of nitrogens with one attached hydrogen (secondary N) is 1. The van der Waals surface area contributed by atoms with Gasteiger partial charge in [0.2, 0.25) is 0 Å². The molecule has 0 radical (unpaired) electrons. The van der Waals surface area contributed by atoms with E-state index < -0.39 is 58.1 Å². The van der Waals surface area contributed by atoms with Gasteiger partial charge in [0.1, 0.15) is 11.6 Å². The molecule has 4 N–H and O–H groups in total. The van der Waals surface area contributed by atoms with Crippen molar-refractivity contribution in [3.63, 3.8) is 0 Å². The molecule has 0 aliphatic rings. The zero-order valence-corrected chi connectivity index (χ0v) is 22.6. The van der Waals surface area contributed by atoms with Gasteiger partial charge in [0.15, 0.2) is 0 Å². The molecule has 4 aromatic carbocycles. The van der Waals surface area contributed by atoms with Crippen LogP contribution in [0.3, 0.4) is 0 Å². The van der Waals surface area contributed by atoms with E-state index in [0.29, 0.717) is 41.2 Å².